The van der Waals surface area contributed by atoms with Gasteiger partial charge in [0.05, 0.1) is 17.6 Å². The van der Waals surface area contributed by atoms with E-state index in [0.29, 0.717) is 32.4 Å². The first-order chi connectivity index (χ1) is 8.67. The van der Waals surface area contributed by atoms with Gasteiger partial charge in [-0.25, -0.2) is 4.79 Å². The summed E-state index contributed by atoms with van der Waals surface area (Å²) < 4.78 is 5.31. The number of carbonyl (C=O) groups excluding carboxylic acids is 1. The maximum Gasteiger partial charge on any atom is 0.410 e. The molecule has 0 aromatic heterocycles. The van der Waals surface area contributed by atoms with Crippen LogP contribution in [0.15, 0.2) is 0 Å². The van der Waals surface area contributed by atoms with Crippen molar-refractivity contribution in [2.24, 2.45) is 5.41 Å². The van der Waals surface area contributed by atoms with E-state index in [1.54, 1.807) is 11.8 Å². The average Bonchev–Trinajstić information content (AvgIpc) is 2.26. The molecule has 1 aliphatic rings. The predicted octanol–water partition coefficient (Wildman–Crippen LogP) is 2.30. The van der Waals surface area contributed by atoms with Gasteiger partial charge in [0.1, 0.15) is 5.60 Å². The molecule has 1 rings (SSSR count). The summed E-state index contributed by atoms with van der Waals surface area (Å²) in [5, 5.41) is 18.8. The Bertz CT molecular complexity index is 358. The lowest BCUT2D eigenvalue weighted by Gasteiger charge is -2.38. The van der Waals surface area contributed by atoms with Gasteiger partial charge in [-0.15, -0.1) is 0 Å². The predicted molar refractivity (Wildman–Crippen MR) is 71.4 cm³/mol. The molecular weight excluding hydrogens is 244 g/mol. The molecule has 0 radical (unpaired) electrons. The molecule has 0 unspecified atom stereocenters. The molecule has 0 aromatic carbocycles. The molecule has 0 aliphatic carbocycles. The Labute approximate surface area is 115 Å². The van der Waals surface area contributed by atoms with Gasteiger partial charge in [-0.05, 0) is 47.0 Å². The molecule has 108 valence electrons. The first kappa shape index (κ1) is 15.8. The van der Waals surface area contributed by atoms with Gasteiger partial charge in [0.15, 0.2) is 0 Å². The van der Waals surface area contributed by atoms with E-state index >= 15 is 0 Å². The zero-order chi connectivity index (χ0) is 14.7. The molecule has 0 spiro atoms. The Hall–Kier alpha value is -1.28. The summed E-state index contributed by atoms with van der Waals surface area (Å²) >= 11 is 0. The van der Waals surface area contributed by atoms with Crippen LogP contribution in [-0.4, -0.2) is 40.9 Å². The number of aliphatic hydroxyl groups excluding tert-OH is 1. The third-order valence-electron chi connectivity index (χ3n) is 3.30. The van der Waals surface area contributed by atoms with E-state index < -0.39 is 17.1 Å². The number of nitriles is 1. The Balaban J connectivity index is 2.57. The third kappa shape index (κ3) is 4.71. The molecule has 19 heavy (non-hydrogen) atoms. The number of aliphatic hydroxyl groups is 1. The van der Waals surface area contributed by atoms with E-state index in [4.69, 9.17) is 4.74 Å². The Morgan fingerprint density at radius 3 is 2.37 bits per heavy atom. The van der Waals surface area contributed by atoms with Gasteiger partial charge in [0, 0.05) is 13.1 Å². The topological polar surface area (TPSA) is 73.6 Å². The van der Waals surface area contributed by atoms with Crippen LogP contribution in [0.5, 0.6) is 0 Å². The van der Waals surface area contributed by atoms with Gasteiger partial charge < -0.3 is 14.7 Å². The monoisotopic (exact) mass is 268 g/mol. The van der Waals surface area contributed by atoms with E-state index in [9.17, 15) is 15.2 Å². The Morgan fingerprint density at radius 2 is 2.00 bits per heavy atom. The van der Waals surface area contributed by atoms with Crippen molar-refractivity contribution < 1.29 is 14.6 Å². The number of hydrogen-bond acceptors (Lipinski definition) is 4. The van der Waals surface area contributed by atoms with Crippen molar-refractivity contribution in [3.63, 3.8) is 0 Å². The summed E-state index contributed by atoms with van der Waals surface area (Å²) in [6.07, 6.45) is 0.830. The number of carbonyl (C=O) groups is 1. The molecule has 0 bridgehead atoms. The quantitative estimate of drug-likeness (QED) is 0.834. The molecular formula is C14H24N2O3. The summed E-state index contributed by atoms with van der Waals surface area (Å²) in [5.74, 6) is 0. The lowest BCUT2D eigenvalue weighted by atomic mass is 9.76. The summed E-state index contributed by atoms with van der Waals surface area (Å²) in [7, 11) is 0. The fourth-order valence-corrected chi connectivity index (χ4v) is 2.37. The van der Waals surface area contributed by atoms with Crippen LogP contribution in [0.25, 0.3) is 0 Å². The van der Waals surface area contributed by atoms with Crippen molar-refractivity contribution in [2.75, 3.05) is 13.1 Å². The molecule has 0 saturated carbocycles. The van der Waals surface area contributed by atoms with Crippen LogP contribution in [0.4, 0.5) is 4.79 Å². The van der Waals surface area contributed by atoms with Crippen LogP contribution in [0.1, 0.15) is 47.0 Å². The van der Waals surface area contributed by atoms with Crippen LogP contribution < -0.4 is 0 Å². The fourth-order valence-electron chi connectivity index (χ4n) is 2.37. The standard InChI is InChI=1S/C14H24N2O3/c1-11(17)9-14(10-15)5-7-16(8-6-14)12(18)19-13(2,3)4/h11,17H,5-9H2,1-4H3/t11-/m0/s1. The summed E-state index contributed by atoms with van der Waals surface area (Å²) in [4.78, 5) is 13.5. The number of hydrogen-bond donors (Lipinski definition) is 1. The minimum Gasteiger partial charge on any atom is -0.444 e. The van der Waals surface area contributed by atoms with Gasteiger partial charge >= 0.3 is 6.09 Å². The number of nitrogens with zero attached hydrogens (tertiary/aromatic N) is 2. The Morgan fingerprint density at radius 1 is 1.47 bits per heavy atom. The first-order valence-corrected chi connectivity index (χ1v) is 6.75. The smallest absolute Gasteiger partial charge is 0.410 e. The fraction of sp³-hybridized carbons (Fsp3) is 0.857. The zero-order valence-corrected chi connectivity index (χ0v) is 12.3. The SMILES string of the molecule is C[C@H](O)CC1(C#N)CCN(C(=O)OC(C)(C)C)CC1. The maximum atomic E-state index is 11.9. The van der Waals surface area contributed by atoms with Crippen molar-refractivity contribution in [3.8, 4) is 6.07 Å². The van der Waals surface area contributed by atoms with Crippen LogP contribution >= 0.6 is 0 Å². The zero-order valence-electron chi connectivity index (χ0n) is 12.3. The Kier molecular flexibility index (Phi) is 4.81. The summed E-state index contributed by atoms with van der Waals surface area (Å²) in [5.41, 5.74) is -1.01. The molecule has 1 saturated heterocycles. The van der Waals surface area contributed by atoms with Crippen LogP contribution in [0.2, 0.25) is 0 Å². The third-order valence-corrected chi connectivity index (χ3v) is 3.30. The second-order valence-corrected chi connectivity index (χ2v) is 6.41. The van der Waals surface area contributed by atoms with E-state index in [-0.39, 0.29) is 6.09 Å². The van der Waals surface area contributed by atoms with Crippen LogP contribution in [-0.2, 0) is 4.74 Å². The lowest BCUT2D eigenvalue weighted by molar-refractivity contribution is 0.0109. The van der Waals surface area contributed by atoms with Crippen LogP contribution in [0, 0.1) is 16.7 Å². The molecule has 1 amide bonds. The largest absolute Gasteiger partial charge is 0.444 e. The van der Waals surface area contributed by atoms with Crippen molar-refractivity contribution in [2.45, 2.75) is 58.7 Å². The van der Waals surface area contributed by atoms with E-state index in [2.05, 4.69) is 6.07 Å². The molecule has 5 nitrogen and oxygen atoms in total. The lowest BCUT2D eigenvalue weighted by Crippen LogP contribution is -2.45. The van der Waals surface area contributed by atoms with Gasteiger partial charge in [0.2, 0.25) is 0 Å². The van der Waals surface area contributed by atoms with Gasteiger partial charge in [-0.3, -0.25) is 0 Å². The average molecular weight is 268 g/mol. The minimum atomic E-state index is -0.507. The number of likely N-dealkylation sites (tertiary alicyclic amines) is 1. The van der Waals surface area contributed by atoms with E-state index in [1.807, 2.05) is 20.8 Å². The minimum absolute atomic E-state index is 0.323. The molecule has 1 atom stereocenters. The molecule has 1 fully saturated rings. The highest BCUT2D eigenvalue weighted by atomic mass is 16.6. The normalized spacial score (nSPS) is 20.5. The number of ether oxygens (including phenoxy) is 1. The van der Waals surface area contributed by atoms with Gasteiger partial charge in [-0.2, -0.15) is 5.26 Å². The highest BCUT2D eigenvalue weighted by Crippen LogP contribution is 2.35. The van der Waals surface area contributed by atoms with Crippen molar-refractivity contribution in [1.82, 2.24) is 4.90 Å². The highest BCUT2D eigenvalue weighted by Gasteiger charge is 2.38. The van der Waals surface area contributed by atoms with E-state index in [0.717, 1.165) is 0 Å². The summed E-state index contributed by atoms with van der Waals surface area (Å²) in [6.45, 7) is 8.22. The molecule has 1 heterocycles. The molecule has 1 aliphatic heterocycles. The second kappa shape index (κ2) is 5.79. The van der Waals surface area contributed by atoms with E-state index in [1.165, 1.54) is 0 Å². The second-order valence-electron chi connectivity index (χ2n) is 6.41. The van der Waals surface area contributed by atoms with Crippen molar-refractivity contribution >= 4 is 6.09 Å². The number of piperidine rings is 1. The van der Waals surface area contributed by atoms with Gasteiger partial charge in [0.25, 0.3) is 0 Å². The van der Waals surface area contributed by atoms with Crippen molar-refractivity contribution in [1.29, 1.82) is 5.26 Å². The number of rotatable bonds is 2. The number of amides is 1. The first-order valence-electron chi connectivity index (χ1n) is 6.75. The maximum absolute atomic E-state index is 11.9. The van der Waals surface area contributed by atoms with Crippen molar-refractivity contribution in [3.05, 3.63) is 0 Å². The molecule has 1 N–H and O–H groups in total. The van der Waals surface area contributed by atoms with Crippen LogP contribution in [0.3, 0.4) is 0 Å². The summed E-state index contributed by atoms with van der Waals surface area (Å²) in [6, 6.07) is 2.32. The molecule has 0 aromatic rings. The highest BCUT2D eigenvalue weighted by molar-refractivity contribution is 5.68. The van der Waals surface area contributed by atoms with Gasteiger partial charge in [-0.1, -0.05) is 0 Å². The molecule has 5 heteroatoms.